The first-order valence-electron chi connectivity index (χ1n) is 9.90. The zero-order valence-corrected chi connectivity index (χ0v) is 19.6. The summed E-state index contributed by atoms with van der Waals surface area (Å²) in [6.07, 6.45) is -9.55. The number of benzene rings is 1. The van der Waals surface area contributed by atoms with Crippen LogP contribution in [0, 0.1) is 12.7 Å². The van der Waals surface area contributed by atoms with Crippen LogP contribution < -0.4 is 10.6 Å². The van der Waals surface area contributed by atoms with Gasteiger partial charge in [0.05, 0.1) is 28.5 Å². The van der Waals surface area contributed by atoms with E-state index in [1.165, 1.54) is 6.92 Å². The number of hydrogen-bond acceptors (Lipinski definition) is 6. The molecular formula is C20H15BrF7N5O3. The first kappa shape index (κ1) is 27.3. The second-order valence-electron chi connectivity index (χ2n) is 7.46. The minimum Gasteiger partial charge on any atom is -0.387 e. The van der Waals surface area contributed by atoms with Crippen molar-refractivity contribution in [3.05, 3.63) is 56.8 Å². The monoisotopic (exact) mass is 585 g/mol. The van der Waals surface area contributed by atoms with Gasteiger partial charge in [-0.2, -0.15) is 26.3 Å². The van der Waals surface area contributed by atoms with Crippen molar-refractivity contribution >= 4 is 33.5 Å². The third-order valence-corrected chi connectivity index (χ3v) is 5.33. The minimum atomic E-state index is -4.72. The first-order chi connectivity index (χ1) is 16.7. The molecule has 1 aliphatic rings. The molecule has 1 aromatic carbocycles. The Morgan fingerprint density at radius 1 is 1.17 bits per heavy atom. The summed E-state index contributed by atoms with van der Waals surface area (Å²) in [5.41, 5.74) is -1.41. The molecule has 2 amide bonds. The van der Waals surface area contributed by atoms with Gasteiger partial charge in [-0.25, -0.2) is 14.4 Å². The fraction of sp³-hybridized carbons (Fsp3) is 0.350. The number of halogens is 8. The normalized spacial score (nSPS) is 15.8. The smallest absolute Gasteiger partial charge is 0.387 e. The van der Waals surface area contributed by atoms with Crippen molar-refractivity contribution in [2.24, 2.45) is 5.16 Å². The average molecular weight is 586 g/mol. The van der Waals surface area contributed by atoms with Crippen LogP contribution in [0.4, 0.5) is 30.7 Å². The number of carbonyl (C=O) groups excluding carboxylic acids is 2. The topological polar surface area (TPSA) is 106 Å². The molecule has 0 fully saturated rings. The van der Waals surface area contributed by atoms with Crippen molar-refractivity contribution in [1.29, 1.82) is 0 Å². The van der Waals surface area contributed by atoms with E-state index in [4.69, 9.17) is 4.84 Å². The molecule has 0 aliphatic carbocycles. The highest BCUT2D eigenvalue weighted by Gasteiger charge is 2.35. The lowest BCUT2D eigenvalue weighted by Crippen LogP contribution is -2.41. The number of aryl methyl sites for hydroxylation is 1. The van der Waals surface area contributed by atoms with Crippen molar-refractivity contribution < 1.29 is 45.2 Å². The molecule has 1 unspecified atom stereocenters. The number of rotatable bonds is 6. The lowest BCUT2D eigenvalue weighted by atomic mass is 10.00. The van der Waals surface area contributed by atoms with Crippen molar-refractivity contribution in [3.63, 3.8) is 0 Å². The molecule has 194 valence electrons. The third kappa shape index (κ3) is 6.67. The number of hydrogen-bond donors (Lipinski definition) is 2. The Morgan fingerprint density at radius 2 is 1.86 bits per heavy atom. The second kappa shape index (κ2) is 10.4. The molecule has 0 radical (unpaired) electrons. The lowest BCUT2D eigenvalue weighted by molar-refractivity contribution is -0.137. The lowest BCUT2D eigenvalue weighted by Gasteiger charge is -2.14. The molecule has 16 heteroatoms. The van der Waals surface area contributed by atoms with Gasteiger partial charge < -0.3 is 15.5 Å². The summed E-state index contributed by atoms with van der Waals surface area (Å²) in [6.45, 7) is -0.910. The van der Waals surface area contributed by atoms with E-state index in [0.717, 1.165) is 6.20 Å². The number of alkyl halides is 6. The van der Waals surface area contributed by atoms with E-state index >= 15 is 0 Å². The van der Waals surface area contributed by atoms with E-state index < -0.39 is 59.2 Å². The molecule has 36 heavy (non-hydrogen) atoms. The van der Waals surface area contributed by atoms with Gasteiger partial charge in [-0.05, 0) is 35.0 Å². The molecule has 1 atom stereocenters. The Balaban J connectivity index is 1.67. The first-order valence-corrected chi connectivity index (χ1v) is 10.7. The van der Waals surface area contributed by atoms with Crippen molar-refractivity contribution in [2.75, 3.05) is 13.1 Å². The van der Waals surface area contributed by atoms with Crippen molar-refractivity contribution in [2.45, 2.75) is 31.8 Å². The Labute approximate surface area is 206 Å². The molecule has 3 rings (SSSR count). The standard InChI is InChI=1S/C20H15BrF7N5O3/c1-8-17(18(35)30-6-15(34)31-7-19(23,24)25)29-5-13(32-8)12-4-14(36-33-12)10-2-9(20(26,27)28)3-11(21)16(10)22/h2-3,5,14H,4,6-7H2,1H3,(H,30,35)(H,31,34). The fourth-order valence-corrected chi connectivity index (χ4v) is 3.53. The van der Waals surface area contributed by atoms with Crippen LogP contribution in [-0.2, 0) is 15.8 Å². The predicted molar refractivity (Wildman–Crippen MR) is 112 cm³/mol. The van der Waals surface area contributed by atoms with E-state index in [2.05, 4.69) is 36.4 Å². The Hall–Kier alpha value is -3.30. The van der Waals surface area contributed by atoms with Crippen LogP contribution in [0.3, 0.4) is 0 Å². The number of amides is 2. The van der Waals surface area contributed by atoms with Crippen LogP contribution in [0.5, 0.6) is 0 Å². The summed E-state index contributed by atoms with van der Waals surface area (Å²) >= 11 is 2.76. The molecule has 2 N–H and O–H groups in total. The zero-order chi connectivity index (χ0) is 26.8. The van der Waals surface area contributed by atoms with Crippen LogP contribution in [0.1, 0.15) is 45.5 Å². The highest BCUT2D eigenvalue weighted by atomic mass is 79.9. The number of nitrogens with zero attached hydrogens (tertiary/aromatic N) is 3. The van der Waals surface area contributed by atoms with Gasteiger partial charge in [0, 0.05) is 12.0 Å². The highest BCUT2D eigenvalue weighted by Crippen LogP contribution is 2.38. The summed E-state index contributed by atoms with van der Waals surface area (Å²) in [6, 6.07) is 1.23. The van der Waals surface area contributed by atoms with E-state index in [-0.39, 0.29) is 34.8 Å². The Kier molecular flexibility index (Phi) is 7.85. The van der Waals surface area contributed by atoms with Gasteiger partial charge in [0.25, 0.3) is 5.91 Å². The maximum atomic E-state index is 14.5. The van der Waals surface area contributed by atoms with Gasteiger partial charge in [0.1, 0.15) is 29.5 Å². The summed E-state index contributed by atoms with van der Waals surface area (Å²) in [7, 11) is 0. The maximum Gasteiger partial charge on any atom is 0.416 e. The molecule has 0 saturated heterocycles. The van der Waals surface area contributed by atoms with Gasteiger partial charge >= 0.3 is 12.4 Å². The highest BCUT2D eigenvalue weighted by molar-refractivity contribution is 9.10. The quantitative estimate of drug-likeness (QED) is 0.499. The molecule has 1 aliphatic heterocycles. The summed E-state index contributed by atoms with van der Waals surface area (Å²) in [5, 5.41) is 7.45. The van der Waals surface area contributed by atoms with Gasteiger partial charge in [-0.15, -0.1) is 0 Å². The summed E-state index contributed by atoms with van der Waals surface area (Å²) < 4.78 is 89.8. The Morgan fingerprint density at radius 3 is 2.47 bits per heavy atom. The zero-order valence-electron chi connectivity index (χ0n) is 18.0. The predicted octanol–water partition coefficient (Wildman–Crippen LogP) is 3.98. The van der Waals surface area contributed by atoms with Crippen molar-refractivity contribution in [3.8, 4) is 0 Å². The third-order valence-electron chi connectivity index (χ3n) is 4.75. The minimum absolute atomic E-state index is 0.0554. The largest absolute Gasteiger partial charge is 0.416 e. The molecule has 0 spiro atoms. The second-order valence-corrected chi connectivity index (χ2v) is 8.31. The van der Waals surface area contributed by atoms with Crippen LogP contribution in [0.15, 0.2) is 28.0 Å². The van der Waals surface area contributed by atoms with Gasteiger partial charge in [-0.3, -0.25) is 9.59 Å². The van der Waals surface area contributed by atoms with E-state index in [1.807, 2.05) is 0 Å². The van der Waals surface area contributed by atoms with Crippen LogP contribution in [-0.4, -0.2) is 46.8 Å². The van der Waals surface area contributed by atoms with Gasteiger partial charge in [0.15, 0.2) is 6.10 Å². The van der Waals surface area contributed by atoms with Gasteiger partial charge in [-0.1, -0.05) is 5.16 Å². The number of nitrogens with one attached hydrogen (secondary N) is 2. The molecule has 0 saturated carbocycles. The maximum absolute atomic E-state index is 14.5. The summed E-state index contributed by atoms with van der Waals surface area (Å²) in [4.78, 5) is 36.8. The van der Waals surface area contributed by atoms with E-state index in [9.17, 15) is 40.3 Å². The van der Waals surface area contributed by atoms with Crippen LogP contribution in [0.25, 0.3) is 0 Å². The Bertz CT molecular complexity index is 1220. The summed E-state index contributed by atoms with van der Waals surface area (Å²) in [5.74, 6) is -2.90. The molecule has 0 bridgehead atoms. The molecular weight excluding hydrogens is 571 g/mol. The molecule has 8 nitrogen and oxygen atoms in total. The number of aromatic nitrogens is 2. The van der Waals surface area contributed by atoms with E-state index in [0.29, 0.717) is 12.1 Å². The van der Waals surface area contributed by atoms with Gasteiger partial charge in [0.2, 0.25) is 5.91 Å². The SMILES string of the molecule is Cc1nc(C2=NOC(c3cc(C(F)(F)F)cc(Br)c3F)C2)cnc1C(=O)NCC(=O)NCC(F)(F)F. The molecule has 1 aromatic heterocycles. The average Bonchev–Trinajstić information content (AvgIpc) is 3.26. The van der Waals surface area contributed by atoms with E-state index in [1.54, 1.807) is 5.32 Å². The molecule has 2 heterocycles. The van der Waals surface area contributed by atoms with Crippen LogP contribution >= 0.6 is 15.9 Å². The molecule has 2 aromatic rings. The van der Waals surface area contributed by atoms with Crippen molar-refractivity contribution in [1.82, 2.24) is 20.6 Å². The number of carbonyl (C=O) groups is 2. The number of oxime groups is 1. The van der Waals surface area contributed by atoms with Crippen LogP contribution in [0.2, 0.25) is 0 Å². The fourth-order valence-electron chi connectivity index (χ4n) is 3.05.